The van der Waals surface area contributed by atoms with Gasteiger partial charge >= 0.3 is 12.2 Å². The van der Waals surface area contributed by atoms with Crippen molar-refractivity contribution in [3.8, 4) is 0 Å². The Morgan fingerprint density at radius 3 is 1.74 bits per heavy atom. The first-order valence-corrected chi connectivity index (χ1v) is 7.43. The third-order valence-electron chi connectivity index (χ3n) is 5.99. The van der Waals surface area contributed by atoms with Crippen LogP contribution in [0.4, 0.5) is 9.59 Å². The number of nitrogens with zero attached hydrogens (tertiary/aromatic N) is 2. The van der Waals surface area contributed by atoms with Gasteiger partial charge < -0.3 is 9.47 Å². The molecule has 2 heterocycles. The molecule has 0 radical (unpaired) electrons. The third-order valence-corrected chi connectivity index (χ3v) is 5.99. The van der Waals surface area contributed by atoms with Gasteiger partial charge in [0.25, 0.3) is 0 Å². The lowest BCUT2D eigenvalue weighted by atomic mass is 9.53. The molecule has 7 nitrogen and oxygen atoms in total. The molecule has 3 aliphatic rings. The number of hydrogen-bond donors (Lipinski definition) is 0. The zero-order chi connectivity index (χ0) is 18.0. The van der Waals surface area contributed by atoms with Crippen LogP contribution in [0.2, 0.25) is 0 Å². The van der Waals surface area contributed by atoms with Crippen molar-refractivity contribution in [3.63, 3.8) is 0 Å². The number of fused-ring (bicyclic) bond motifs is 2. The van der Waals surface area contributed by atoms with Crippen molar-refractivity contribution < 1.29 is 23.9 Å². The summed E-state index contributed by atoms with van der Waals surface area (Å²) >= 11 is 0. The van der Waals surface area contributed by atoms with Gasteiger partial charge in [0.15, 0.2) is 5.78 Å². The number of carbonyl (C=O) groups excluding carboxylic acids is 3. The van der Waals surface area contributed by atoms with Gasteiger partial charge in [-0.2, -0.15) is 5.01 Å². The second-order valence-corrected chi connectivity index (χ2v) is 6.91. The first-order valence-electron chi connectivity index (χ1n) is 7.43. The molecule has 0 unspecified atom stereocenters. The van der Waals surface area contributed by atoms with Gasteiger partial charge in [-0.3, -0.25) is 4.79 Å². The zero-order valence-electron chi connectivity index (χ0n) is 14.9. The highest BCUT2D eigenvalue weighted by Gasteiger charge is 2.72. The number of rotatable bonds is 0. The summed E-state index contributed by atoms with van der Waals surface area (Å²) in [6.07, 6.45) is -1.49. The molecule has 3 rings (SSSR count). The average molecular weight is 324 g/mol. The quantitative estimate of drug-likeness (QED) is 0.640. The van der Waals surface area contributed by atoms with Crippen molar-refractivity contribution in [1.82, 2.24) is 10.0 Å². The van der Waals surface area contributed by atoms with E-state index in [2.05, 4.69) is 0 Å². The number of carbonyl (C=O) groups is 3. The molecular weight excluding hydrogens is 300 g/mol. The van der Waals surface area contributed by atoms with Crippen molar-refractivity contribution in [2.24, 2.45) is 5.41 Å². The minimum atomic E-state index is -1.30. The second-order valence-electron chi connectivity index (χ2n) is 6.91. The monoisotopic (exact) mass is 324 g/mol. The SMILES string of the molecule is COC(=O)N1N(C(=O)OC)[C@@]2(C)C(C)=C(C)[C@@]1(C)C(=O)C2(C)C. The molecule has 0 N–H and O–H groups in total. The van der Waals surface area contributed by atoms with E-state index < -0.39 is 28.7 Å². The van der Waals surface area contributed by atoms with Crippen LogP contribution in [0.15, 0.2) is 11.1 Å². The maximum absolute atomic E-state index is 13.2. The smallest absolute Gasteiger partial charge is 0.429 e. The largest absolute Gasteiger partial charge is 0.451 e. The van der Waals surface area contributed by atoms with Crippen LogP contribution in [0, 0.1) is 5.41 Å². The van der Waals surface area contributed by atoms with Crippen LogP contribution in [0.5, 0.6) is 0 Å². The van der Waals surface area contributed by atoms with Crippen LogP contribution in [-0.2, 0) is 14.3 Å². The first kappa shape index (κ1) is 17.3. The van der Waals surface area contributed by atoms with Gasteiger partial charge in [0, 0.05) is 0 Å². The maximum Gasteiger partial charge on any atom is 0.429 e. The van der Waals surface area contributed by atoms with E-state index in [9.17, 15) is 14.4 Å². The number of methoxy groups -OCH3 is 2. The summed E-state index contributed by atoms with van der Waals surface area (Å²) < 4.78 is 9.73. The van der Waals surface area contributed by atoms with E-state index in [1.54, 1.807) is 27.7 Å². The second kappa shape index (κ2) is 4.72. The van der Waals surface area contributed by atoms with Gasteiger partial charge in [0.1, 0.15) is 5.54 Å². The van der Waals surface area contributed by atoms with Crippen molar-refractivity contribution in [2.75, 3.05) is 14.2 Å². The standard InChI is InChI=1S/C16H24N2O5/c1-9-10(2)16(6)14(3,4)11(19)15(9,5)17(12(20)22-7)18(16)13(21)23-8/h1-8H3/t15-,16-/m0/s1. The zero-order valence-corrected chi connectivity index (χ0v) is 14.9. The van der Waals surface area contributed by atoms with Gasteiger partial charge in [-0.25, -0.2) is 14.6 Å². The molecule has 23 heavy (non-hydrogen) atoms. The van der Waals surface area contributed by atoms with Crippen LogP contribution in [0.25, 0.3) is 0 Å². The molecule has 7 heteroatoms. The lowest BCUT2D eigenvalue weighted by Gasteiger charge is -2.67. The van der Waals surface area contributed by atoms with Gasteiger partial charge in [0.05, 0.1) is 25.2 Å². The van der Waals surface area contributed by atoms with Crippen molar-refractivity contribution in [2.45, 2.75) is 52.6 Å². The Balaban J connectivity index is 2.91. The molecule has 2 atom stereocenters. The number of hydrazine groups is 1. The topological polar surface area (TPSA) is 76.2 Å². The fourth-order valence-corrected chi connectivity index (χ4v) is 3.98. The van der Waals surface area contributed by atoms with Crippen LogP contribution < -0.4 is 0 Å². The number of hydrogen-bond acceptors (Lipinski definition) is 5. The van der Waals surface area contributed by atoms with Crippen molar-refractivity contribution in [3.05, 3.63) is 11.1 Å². The predicted octanol–water partition coefficient (Wildman–Crippen LogP) is 2.51. The summed E-state index contributed by atoms with van der Waals surface area (Å²) in [6, 6.07) is 0. The summed E-state index contributed by atoms with van der Waals surface area (Å²) in [5.74, 6) is -0.138. The van der Waals surface area contributed by atoms with E-state index in [0.717, 1.165) is 16.2 Å². The van der Waals surface area contributed by atoms with Gasteiger partial charge in [-0.15, -0.1) is 0 Å². The number of ether oxygens (including phenoxy) is 2. The lowest BCUT2D eigenvalue weighted by Crippen LogP contribution is -2.83. The molecular formula is C16H24N2O5. The highest BCUT2D eigenvalue weighted by atomic mass is 16.6. The van der Waals surface area contributed by atoms with Crippen molar-refractivity contribution >= 4 is 18.0 Å². The van der Waals surface area contributed by atoms with E-state index in [4.69, 9.17) is 9.47 Å². The number of ketones is 1. The van der Waals surface area contributed by atoms with Crippen LogP contribution in [0.1, 0.15) is 41.5 Å². The number of Topliss-reactive ketones (excluding diaryl/α,β-unsaturated/α-hetero) is 1. The summed E-state index contributed by atoms with van der Waals surface area (Å²) in [6.45, 7) is 10.7. The Bertz CT molecular complexity index is 638. The molecule has 0 aromatic carbocycles. The fraction of sp³-hybridized carbons (Fsp3) is 0.688. The molecule has 128 valence electrons. The molecule has 0 aromatic heterocycles. The normalized spacial score (nSPS) is 32.3. The Morgan fingerprint density at radius 1 is 0.870 bits per heavy atom. The maximum atomic E-state index is 13.2. The summed E-state index contributed by atoms with van der Waals surface area (Å²) in [4.78, 5) is 38.1. The molecule has 1 saturated heterocycles. The minimum absolute atomic E-state index is 0.138. The Labute approximate surface area is 136 Å². The molecule has 1 fully saturated rings. The van der Waals surface area contributed by atoms with Crippen LogP contribution >= 0.6 is 0 Å². The third kappa shape index (κ3) is 1.62. The predicted molar refractivity (Wildman–Crippen MR) is 82.5 cm³/mol. The summed E-state index contributed by atoms with van der Waals surface area (Å²) in [5.41, 5.74) is -1.62. The van der Waals surface area contributed by atoms with Crippen molar-refractivity contribution in [1.29, 1.82) is 0 Å². The van der Waals surface area contributed by atoms with E-state index in [1.807, 2.05) is 13.8 Å². The number of amides is 2. The molecule has 2 amide bonds. The molecule has 2 aliphatic heterocycles. The average Bonchev–Trinajstić information content (AvgIpc) is 2.52. The van der Waals surface area contributed by atoms with Crippen LogP contribution in [0.3, 0.4) is 0 Å². The highest BCUT2D eigenvalue weighted by Crippen LogP contribution is 2.58. The molecule has 0 aromatic rings. The van der Waals surface area contributed by atoms with Gasteiger partial charge in [-0.05, 0) is 38.8 Å². The highest BCUT2D eigenvalue weighted by molar-refractivity contribution is 6.04. The fourth-order valence-electron chi connectivity index (χ4n) is 3.98. The molecule has 0 spiro atoms. The van der Waals surface area contributed by atoms with Gasteiger partial charge in [0.2, 0.25) is 0 Å². The Hall–Kier alpha value is -2.05. The van der Waals surface area contributed by atoms with E-state index in [1.165, 1.54) is 19.2 Å². The summed E-state index contributed by atoms with van der Waals surface area (Å²) in [7, 11) is 2.46. The summed E-state index contributed by atoms with van der Waals surface area (Å²) in [5, 5.41) is 2.32. The van der Waals surface area contributed by atoms with Gasteiger partial charge in [-0.1, -0.05) is 13.8 Å². The van der Waals surface area contributed by atoms with E-state index in [-0.39, 0.29) is 5.78 Å². The van der Waals surface area contributed by atoms with Crippen LogP contribution in [-0.4, -0.2) is 53.3 Å². The Kier molecular flexibility index (Phi) is 3.55. The minimum Gasteiger partial charge on any atom is -0.451 e. The van der Waals surface area contributed by atoms with E-state index in [0.29, 0.717) is 0 Å². The Morgan fingerprint density at radius 2 is 1.30 bits per heavy atom. The first-order chi connectivity index (χ1) is 10.4. The molecule has 0 saturated carbocycles. The van der Waals surface area contributed by atoms with E-state index >= 15 is 0 Å². The molecule has 1 aliphatic carbocycles. The lowest BCUT2D eigenvalue weighted by molar-refractivity contribution is -0.197. The molecule has 2 bridgehead atoms.